The Kier molecular flexibility index (Phi) is 4.83. The van der Waals surface area contributed by atoms with Crippen LogP contribution in [0.15, 0.2) is 12.4 Å². The molecule has 0 aromatic carbocycles. The van der Waals surface area contributed by atoms with E-state index in [9.17, 15) is 0 Å². The number of nitrogens with one attached hydrogen (secondary N) is 1. The maximum atomic E-state index is 4.69. The van der Waals surface area contributed by atoms with Gasteiger partial charge in [-0.2, -0.15) is 11.8 Å². The lowest BCUT2D eigenvalue weighted by Crippen LogP contribution is -2.37. The molecule has 2 rings (SSSR count). The average molecular weight is 266 g/mol. The average Bonchev–Trinajstić information content (AvgIpc) is 2.37. The van der Waals surface area contributed by atoms with Gasteiger partial charge in [-0.15, -0.1) is 0 Å². The van der Waals surface area contributed by atoms with Crippen LogP contribution in [0.5, 0.6) is 0 Å². The molecule has 1 aromatic rings. The van der Waals surface area contributed by atoms with Gasteiger partial charge in [0.25, 0.3) is 0 Å². The molecule has 0 spiro atoms. The Morgan fingerprint density at radius 3 is 3.06 bits per heavy atom. The van der Waals surface area contributed by atoms with Gasteiger partial charge < -0.3 is 10.2 Å². The Balaban J connectivity index is 2.02. The van der Waals surface area contributed by atoms with Gasteiger partial charge in [0.15, 0.2) is 0 Å². The number of hydrogen-bond acceptors (Lipinski definition) is 5. The highest BCUT2D eigenvalue weighted by Gasteiger charge is 2.18. The van der Waals surface area contributed by atoms with E-state index in [1.165, 1.54) is 5.75 Å². The Hall–Kier alpha value is -0.810. The molecule has 5 heteroatoms. The summed E-state index contributed by atoms with van der Waals surface area (Å²) in [6.45, 7) is 9.48. The summed E-state index contributed by atoms with van der Waals surface area (Å²) in [4.78, 5) is 11.3. The first-order valence-corrected chi connectivity index (χ1v) is 7.61. The molecule has 0 aliphatic carbocycles. The zero-order valence-corrected chi connectivity index (χ0v) is 12.2. The van der Waals surface area contributed by atoms with Crippen LogP contribution in [0.25, 0.3) is 0 Å². The van der Waals surface area contributed by atoms with E-state index < -0.39 is 0 Å². The molecule has 1 unspecified atom stereocenters. The van der Waals surface area contributed by atoms with Gasteiger partial charge in [0.05, 0.1) is 11.9 Å². The van der Waals surface area contributed by atoms with Gasteiger partial charge >= 0.3 is 0 Å². The summed E-state index contributed by atoms with van der Waals surface area (Å²) in [5, 5.41) is 4.05. The molecule has 1 saturated heterocycles. The van der Waals surface area contributed by atoms with Crippen LogP contribution in [0.1, 0.15) is 26.5 Å². The number of hydrogen-bond donors (Lipinski definition) is 1. The molecule has 2 heterocycles. The molecule has 18 heavy (non-hydrogen) atoms. The quantitative estimate of drug-likeness (QED) is 0.901. The largest absolute Gasteiger partial charge is 0.353 e. The Morgan fingerprint density at radius 2 is 2.33 bits per heavy atom. The van der Waals surface area contributed by atoms with Crippen LogP contribution in [0.3, 0.4) is 0 Å². The molecule has 1 aromatic heterocycles. The number of nitrogens with zero attached hydrogens (tertiary/aromatic N) is 3. The van der Waals surface area contributed by atoms with E-state index in [4.69, 9.17) is 4.98 Å². The Labute approximate surface area is 114 Å². The summed E-state index contributed by atoms with van der Waals surface area (Å²) < 4.78 is 0. The summed E-state index contributed by atoms with van der Waals surface area (Å²) in [5.41, 5.74) is 1.02. The van der Waals surface area contributed by atoms with Crippen molar-refractivity contribution in [2.75, 3.05) is 23.7 Å². The zero-order valence-electron chi connectivity index (χ0n) is 11.4. The van der Waals surface area contributed by atoms with Gasteiger partial charge in [-0.05, 0) is 0 Å². The third-order valence-corrected chi connectivity index (χ3v) is 4.06. The van der Waals surface area contributed by atoms with Crippen molar-refractivity contribution in [1.82, 2.24) is 15.3 Å². The first kappa shape index (κ1) is 13.6. The summed E-state index contributed by atoms with van der Waals surface area (Å²) in [6.07, 6.45) is 3.72. The summed E-state index contributed by atoms with van der Waals surface area (Å²) in [6, 6.07) is 0.474. The van der Waals surface area contributed by atoms with Crippen molar-refractivity contribution < 1.29 is 0 Å². The van der Waals surface area contributed by atoms with Crippen molar-refractivity contribution in [2.45, 2.75) is 38.6 Å². The van der Waals surface area contributed by atoms with E-state index in [1.807, 2.05) is 24.2 Å². The van der Waals surface area contributed by atoms with Crippen molar-refractivity contribution in [2.24, 2.45) is 0 Å². The number of thioether (sulfide) groups is 1. The van der Waals surface area contributed by atoms with Gasteiger partial charge in [-0.1, -0.05) is 20.8 Å². The number of aromatic nitrogens is 2. The van der Waals surface area contributed by atoms with Crippen molar-refractivity contribution in [1.29, 1.82) is 0 Å². The highest BCUT2D eigenvalue weighted by Crippen LogP contribution is 2.21. The second kappa shape index (κ2) is 6.38. The lowest BCUT2D eigenvalue weighted by atomic mass is 10.3. The predicted molar refractivity (Wildman–Crippen MR) is 78.1 cm³/mol. The predicted octanol–water partition coefficient (Wildman–Crippen LogP) is 1.92. The maximum absolute atomic E-state index is 4.69. The van der Waals surface area contributed by atoms with E-state index in [0.717, 1.165) is 31.1 Å². The van der Waals surface area contributed by atoms with E-state index >= 15 is 0 Å². The zero-order chi connectivity index (χ0) is 13.0. The van der Waals surface area contributed by atoms with Crippen LogP contribution in [0.2, 0.25) is 0 Å². The Morgan fingerprint density at radius 1 is 1.50 bits per heavy atom. The summed E-state index contributed by atoms with van der Waals surface area (Å²) in [5.74, 6) is 2.20. The van der Waals surface area contributed by atoms with Crippen LogP contribution in [0, 0.1) is 0 Å². The monoisotopic (exact) mass is 266 g/mol. The molecule has 0 amide bonds. The van der Waals surface area contributed by atoms with Gasteiger partial charge in [-0.25, -0.2) is 4.98 Å². The molecule has 1 aliphatic rings. The SMILES string of the molecule is CC(C)NCc1cncc(N2CCSC(C)C2)n1. The highest BCUT2D eigenvalue weighted by atomic mass is 32.2. The smallest absolute Gasteiger partial charge is 0.147 e. The molecule has 1 fully saturated rings. The molecular weight excluding hydrogens is 244 g/mol. The number of rotatable bonds is 4. The molecule has 4 nitrogen and oxygen atoms in total. The van der Waals surface area contributed by atoms with Crippen molar-refractivity contribution in [3.63, 3.8) is 0 Å². The van der Waals surface area contributed by atoms with Crippen molar-refractivity contribution in [3.05, 3.63) is 18.1 Å². The van der Waals surface area contributed by atoms with Crippen LogP contribution in [0.4, 0.5) is 5.82 Å². The standard InChI is InChI=1S/C13H22N4S/c1-10(2)15-7-12-6-14-8-13(16-12)17-4-5-18-11(3)9-17/h6,8,10-11,15H,4-5,7,9H2,1-3H3. The minimum absolute atomic E-state index is 0.474. The van der Waals surface area contributed by atoms with Gasteiger partial charge in [-0.3, -0.25) is 4.98 Å². The summed E-state index contributed by atoms with van der Waals surface area (Å²) in [7, 11) is 0. The number of anilines is 1. The molecular formula is C13H22N4S. The molecule has 100 valence electrons. The van der Waals surface area contributed by atoms with Gasteiger partial charge in [0.2, 0.25) is 0 Å². The Bertz CT molecular complexity index is 383. The van der Waals surface area contributed by atoms with E-state index in [0.29, 0.717) is 11.3 Å². The molecule has 1 N–H and O–H groups in total. The lowest BCUT2D eigenvalue weighted by Gasteiger charge is -2.31. The topological polar surface area (TPSA) is 41.1 Å². The third kappa shape index (κ3) is 3.85. The first-order chi connectivity index (χ1) is 8.65. The van der Waals surface area contributed by atoms with Crippen molar-refractivity contribution >= 4 is 17.6 Å². The van der Waals surface area contributed by atoms with Crippen LogP contribution >= 0.6 is 11.8 Å². The molecule has 0 radical (unpaired) electrons. The minimum Gasteiger partial charge on any atom is -0.353 e. The fraction of sp³-hybridized carbons (Fsp3) is 0.692. The molecule has 0 saturated carbocycles. The van der Waals surface area contributed by atoms with E-state index in [1.54, 1.807) is 0 Å². The second-order valence-corrected chi connectivity index (χ2v) is 6.58. The van der Waals surface area contributed by atoms with Crippen LogP contribution in [-0.4, -0.2) is 40.1 Å². The normalized spacial score (nSPS) is 20.4. The van der Waals surface area contributed by atoms with Crippen molar-refractivity contribution in [3.8, 4) is 0 Å². The third-order valence-electron chi connectivity index (χ3n) is 2.93. The van der Waals surface area contributed by atoms with Crippen LogP contribution in [-0.2, 0) is 6.54 Å². The van der Waals surface area contributed by atoms with Gasteiger partial charge in [0.1, 0.15) is 5.82 Å². The fourth-order valence-corrected chi connectivity index (χ4v) is 2.98. The lowest BCUT2D eigenvalue weighted by molar-refractivity contribution is 0.579. The molecule has 0 bridgehead atoms. The van der Waals surface area contributed by atoms with Gasteiger partial charge in [0, 0.05) is 42.9 Å². The highest BCUT2D eigenvalue weighted by molar-refractivity contribution is 8.00. The molecule has 1 atom stereocenters. The first-order valence-electron chi connectivity index (χ1n) is 6.56. The minimum atomic E-state index is 0.474. The van der Waals surface area contributed by atoms with E-state index in [2.05, 4.69) is 36.0 Å². The fourth-order valence-electron chi connectivity index (χ4n) is 1.97. The summed E-state index contributed by atoms with van der Waals surface area (Å²) >= 11 is 2.03. The maximum Gasteiger partial charge on any atom is 0.147 e. The van der Waals surface area contributed by atoms with E-state index in [-0.39, 0.29) is 0 Å². The second-order valence-electron chi connectivity index (χ2n) is 5.03. The van der Waals surface area contributed by atoms with Crippen LogP contribution < -0.4 is 10.2 Å². The molecule has 1 aliphatic heterocycles.